The number of rotatable bonds is 3. The van der Waals surface area contributed by atoms with Crippen LogP contribution in [0.3, 0.4) is 0 Å². The maximum atomic E-state index is 12.8. The van der Waals surface area contributed by atoms with E-state index in [9.17, 15) is 22.8 Å². The summed E-state index contributed by atoms with van der Waals surface area (Å²) in [7, 11) is -3.81. The molecule has 1 aromatic carbocycles. The predicted octanol–water partition coefficient (Wildman–Crippen LogP) is 0.733. The zero-order valence-corrected chi connectivity index (χ0v) is 17.1. The Morgan fingerprint density at radius 1 is 1.07 bits per heavy atom. The van der Waals surface area contributed by atoms with Crippen molar-refractivity contribution in [3.8, 4) is 0 Å². The van der Waals surface area contributed by atoms with Gasteiger partial charge >= 0.3 is 4.87 Å². The van der Waals surface area contributed by atoms with E-state index in [0.717, 1.165) is 5.39 Å². The first-order valence-electron chi connectivity index (χ1n) is 8.88. The number of aromatic nitrogens is 2. The summed E-state index contributed by atoms with van der Waals surface area (Å²) in [6.45, 7) is 2.03. The maximum absolute atomic E-state index is 12.8. The lowest BCUT2D eigenvalue weighted by atomic mass is 10.1. The van der Waals surface area contributed by atoms with Crippen molar-refractivity contribution in [3.63, 3.8) is 0 Å². The lowest BCUT2D eigenvalue weighted by Crippen LogP contribution is -2.51. The number of hydrogen-bond acceptors (Lipinski definition) is 6. The van der Waals surface area contributed by atoms with E-state index in [1.54, 1.807) is 24.3 Å². The number of nitrogens with one attached hydrogen (secondary N) is 2. The molecule has 1 saturated heterocycles. The zero-order chi connectivity index (χ0) is 20.8. The van der Waals surface area contributed by atoms with E-state index >= 15 is 0 Å². The number of amides is 1. The van der Waals surface area contributed by atoms with Gasteiger partial charge in [-0.05, 0) is 24.4 Å². The van der Waals surface area contributed by atoms with Crippen LogP contribution in [0.1, 0.15) is 16.1 Å². The second kappa shape index (κ2) is 7.25. The third-order valence-corrected chi connectivity index (χ3v) is 8.35. The van der Waals surface area contributed by atoms with Crippen LogP contribution in [0.2, 0.25) is 0 Å². The fourth-order valence-corrected chi connectivity index (χ4v) is 6.22. The van der Waals surface area contributed by atoms with Gasteiger partial charge in [0.15, 0.2) is 4.21 Å². The topological polar surface area (TPSA) is 123 Å². The number of piperazine rings is 1. The number of H-pyrrole nitrogens is 2. The average molecular weight is 434 g/mol. The molecule has 9 nitrogen and oxygen atoms in total. The van der Waals surface area contributed by atoms with E-state index in [-0.39, 0.29) is 36.0 Å². The second-order valence-corrected chi connectivity index (χ2v) is 9.84. The van der Waals surface area contributed by atoms with Crippen molar-refractivity contribution in [2.24, 2.45) is 0 Å². The molecule has 1 fully saturated rings. The molecule has 1 amide bonds. The van der Waals surface area contributed by atoms with Gasteiger partial charge in [0.1, 0.15) is 5.56 Å². The van der Waals surface area contributed by atoms with Crippen molar-refractivity contribution >= 4 is 38.2 Å². The van der Waals surface area contributed by atoms with Crippen molar-refractivity contribution < 1.29 is 13.2 Å². The summed E-state index contributed by atoms with van der Waals surface area (Å²) >= 11 is 0.655. The maximum Gasteiger partial charge on any atom is 0.305 e. The van der Waals surface area contributed by atoms with E-state index in [0.29, 0.717) is 22.5 Å². The van der Waals surface area contributed by atoms with Gasteiger partial charge in [-0.1, -0.05) is 29.5 Å². The Morgan fingerprint density at radius 3 is 2.41 bits per heavy atom. The summed E-state index contributed by atoms with van der Waals surface area (Å²) in [6.07, 6.45) is 0. The first kappa shape index (κ1) is 19.6. The fraction of sp³-hybridized carbons (Fsp3) is 0.278. The van der Waals surface area contributed by atoms with E-state index in [1.165, 1.54) is 16.1 Å². The highest BCUT2D eigenvalue weighted by Gasteiger charge is 2.33. The van der Waals surface area contributed by atoms with Crippen LogP contribution < -0.4 is 10.4 Å². The third-order valence-electron chi connectivity index (χ3n) is 4.87. The molecule has 0 bridgehead atoms. The van der Waals surface area contributed by atoms with Crippen LogP contribution in [-0.4, -0.2) is 59.7 Å². The molecule has 0 aliphatic carbocycles. The van der Waals surface area contributed by atoms with Crippen molar-refractivity contribution in [2.45, 2.75) is 11.1 Å². The first-order valence-corrected chi connectivity index (χ1v) is 11.1. The number of aryl methyl sites for hydroxylation is 1. The number of pyridine rings is 1. The van der Waals surface area contributed by atoms with Crippen LogP contribution >= 0.6 is 11.3 Å². The Kier molecular flexibility index (Phi) is 4.89. The number of carbonyl (C=O) groups excluding carboxylic acids is 1. The van der Waals surface area contributed by atoms with Gasteiger partial charge in [0.2, 0.25) is 0 Å². The Morgan fingerprint density at radius 2 is 1.76 bits per heavy atom. The number of fused-ring (bicyclic) bond motifs is 1. The molecule has 0 saturated carbocycles. The van der Waals surface area contributed by atoms with Gasteiger partial charge in [-0.15, -0.1) is 0 Å². The van der Waals surface area contributed by atoms with Crippen LogP contribution in [0, 0.1) is 6.92 Å². The van der Waals surface area contributed by atoms with Crippen LogP contribution in [0.15, 0.2) is 44.1 Å². The lowest BCUT2D eigenvalue weighted by molar-refractivity contribution is 0.0696. The lowest BCUT2D eigenvalue weighted by Gasteiger charge is -2.33. The summed E-state index contributed by atoms with van der Waals surface area (Å²) in [4.78, 5) is 42.8. The third kappa shape index (κ3) is 3.52. The number of carbonyl (C=O) groups is 1. The average Bonchev–Trinajstić information content (AvgIpc) is 3.06. The summed E-state index contributed by atoms with van der Waals surface area (Å²) in [5.41, 5.74) is 0.503. The highest BCUT2D eigenvalue weighted by Crippen LogP contribution is 2.22. The standard InChI is InChI=1S/C18H18N4O5S2/c1-11-17(28-18(25)19-11)29(26,27)22-8-6-21(7-9-22)16(24)13-10-12-4-2-3-5-14(12)20-15(13)23/h2-5,10H,6-9H2,1H3,(H,19,25)(H,20,23). The van der Waals surface area contributed by atoms with E-state index in [4.69, 9.17) is 0 Å². The zero-order valence-electron chi connectivity index (χ0n) is 15.5. The quantitative estimate of drug-likeness (QED) is 0.629. The molecule has 1 aliphatic heterocycles. The summed E-state index contributed by atoms with van der Waals surface area (Å²) in [6, 6.07) is 8.72. The molecule has 4 rings (SSSR count). The number of sulfonamides is 1. The summed E-state index contributed by atoms with van der Waals surface area (Å²) < 4.78 is 26.8. The van der Waals surface area contributed by atoms with Crippen molar-refractivity contribution in [1.82, 2.24) is 19.2 Å². The van der Waals surface area contributed by atoms with Gasteiger partial charge in [-0.25, -0.2) is 8.42 Å². The van der Waals surface area contributed by atoms with Gasteiger partial charge in [-0.2, -0.15) is 4.31 Å². The molecule has 3 heterocycles. The van der Waals surface area contributed by atoms with Crippen LogP contribution in [0.25, 0.3) is 10.9 Å². The normalized spacial score (nSPS) is 15.7. The minimum Gasteiger partial charge on any atom is -0.336 e. The molecule has 152 valence electrons. The molecule has 0 atom stereocenters. The highest BCUT2D eigenvalue weighted by molar-refractivity contribution is 7.91. The van der Waals surface area contributed by atoms with Gasteiger partial charge in [0.25, 0.3) is 21.5 Å². The molecular formula is C18H18N4O5S2. The van der Waals surface area contributed by atoms with Crippen LogP contribution in [0.4, 0.5) is 0 Å². The fourth-order valence-electron chi connectivity index (χ4n) is 3.36. The Balaban J connectivity index is 1.53. The van der Waals surface area contributed by atoms with Gasteiger partial charge in [-0.3, -0.25) is 14.4 Å². The molecule has 1 aliphatic rings. The van der Waals surface area contributed by atoms with Crippen LogP contribution in [-0.2, 0) is 10.0 Å². The molecule has 29 heavy (non-hydrogen) atoms. The molecule has 0 unspecified atom stereocenters. The molecular weight excluding hydrogens is 416 g/mol. The van der Waals surface area contributed by atoms with E-state index in [1.807, 2.05) is 6.07 Å². The summed E-state index contributed by atoms with van der Waals surface area (Å²) in [5.74, 6) is -0.434. The van der Waals surface area contributed by atoms with Crippen molar-refractivity contribution in [3.05, 3.63) is 61.6 Å². The molecule has 2 aromatic heterocycles. The van der Waals surface area contributed by atoms with Crippen molar-refractivity contribution in [2.75, 3.05) is 26.2 Å². The minimum atomic E-state index is -3.81. The summed E-state index contributed by atoms with van der Waals surface area (Å²) in [5, 5.41) is 0.745. The minimum absolute atomic E-state index is 0.00625. The molecule has 2 N–H and O–H groups in total. The first-order chi connectivity index (χ1) is 13.8. The number of benzene rings is 1. The number of aromatic amines is 2. The Labute approximate surface area is 169 Å². The molecule has 0 radical (unpaired) electrons. The number of nitrogens with zero attached hydrogens (tertiary/aromatic N) is 2. The van der Waals surface area contributed by atoms with E-state index < -0.39 is 26.4 Å². The van der Waals surface area contributed by atoms with Gasteiger partial charge in [0.05, 0.1) is 0 Å². The van der Waals surface area contributed by atoms with Gasteiger partial charge in [0, 0.05) is 37.4 Å². The second-order valence-electron chi connectivity index (χ2n) is 6.72. The number of thiazole rings is 1. The number of hydrogen-bond donors (Lipinski definition) is 2. The Bertz CT molecular complexity index is 1310. The van der Waals surface area contributed by atoms with Gasteiger partial charge < -0.3 is 14.9 Å². The predicted molar refractivity (Wildman–Crippen MR) is 109 cm³/mol. The largest absolute Gasteiger partial charge is 0.336 e. The molecule has 11 heteroatoms. The highest BCUT2D eigenvalue weighted by atomic mass is 32.2. The van der Waals surface area contributed by atoms with E-state index in [2.05, 4.69) is 9.97 Å². The number of para-hydroxylation sites is 1. The Hall–Kier alpha value is -2.76. The molecule has 0 spiro atoms. The molecule has 3 aromatic rings. The van der Waals surface area contributed by atoms with Crippen LogP contribution in [0.5, 0.6) is 0 Å². The smallest absolute Gasteiger partial charge is 0.305 e. The SMILES string of the molecule is Cc1[nH]c(=O)sc1S(=O)(=O)N1CCN(C(=O)c2cc3ccccc3[nH]c2=O)CC1. The van der Waals surface area contributed by atoms with Crippen molar-refractivity contribution in [1.29, 1.82) is 0 Å². The monoisotopic (exact) mass is 434 g/mol.